The number of aryl methyl sites for hydroxylation is 3. The van der Waals surface area contributed by atoms with E-state index in [4.69, 9.17) is 4.42 Å². The van der Waals surface area contributed by atoms with Crippen molar-refractivity contribution in [1.29, 1.82) is 0 Å². The second-order valence-electron chi connectivity index (χ2n) is 4.75. The van der Waals surface area contributed by atoms with Crippen molar-refractivity contribution in [2.24, 2.45) is 0 Å². The van der Waals surface area contributed by atoms with E-state index in [-0.39, 0.29) is 5.78 Å². The van der Waals surface area contributed by atoms with Crippen molar-refractivity contribution in [3.8, 4) is 0 Å². The summed E-state index contributed by atoms with van der Waals surface area (Å²) in [6, 6.07) is 4.29. The summed E-state index contributed by atoms with van der Waals surface area (Å²) in [5, 5.41) is 1.19. The summed E-state index contributed by atoms with van der Waals surface area (Å²) in [5.41, 5.74) is 4.70. The summed E-state index contributed by atoms with van der Waals surface area (Å²) < 4.78 is 5.50. The van der Waals surface area contributed by atoms with Crippen LogP contribution in [-0.2, 0) is 11.2 Å². The SMILES string of the molecule is CC(=O)CCCc1cc2occ(C)c2cc1C. The van der Waals surface area contributed by atoms with E-state index in [2.05, 4.69) is 26.0 Å². The Morgan fingerprint density at radius 2 is 2.00 bits per heavy atom. The summed E-state index contributed by atoms with van der Waals surface area (Å²) in [6.45, 7) is 5.82. The van der Waals surface area contributed by atoms with Crippen LogP contribution in [0.3, 0.4) is 0 Å². The molecule has 1 aromatic carbocycles. The third kappa shape index (κ3) is 2.57. The topological polar surface area (TPSA) is 30.2 Å². The highest BCUT2D eigenvalue weighted by Crippen LogP contribution is 2.25. The lowest BCUT2D eigenvalue weighted by Gasteiger charge is -2.05. The van der Waals surface area contributed by atoms with Crippen LogP contribution in [0.2, 0.25) is 0 Å². The van der Waals surface area contributed by atoms with Gasteiger partial charge in [-0.15, -0.1) is 0 Å². The molecule has 0 N–H and O–H groups in total. The number of ketones is 1. The predicted molar refractivity (Wildman–Crippen MR) is 69.3 cm³/mol. The Balaban J connectivity index is 2.22. The maximum absolute atomic E-state index is 10.9. The van der Waals surface area contributed by atoms with Crippen LogP contribution in [0, 0.1) is 13.8 Å². The molecule has 2 rings (SSSR count). The van der Waals surface area contributed by atoms with Crippen LogP contribution in [0.15, 0.2) is 22.8 Å². The second-order valence-corrected chi connectivity index (χ2v) is 4.75. The number of furan rings is 1. The minimum atomic E-state index is 0.262. The van der Waals surface area contributed by atoms with Gasteiger partial charge in [-0.25, -0.2) is 0 Å². The first kappa shape index (κ1) is 11.9. The van der Waals surface area contributed by atoms with Crippen LogP contribution >= 0.6 is 0 Å². The van der Waals surface area contributed by atoms with Crippen LogP contribution in [0.25, 0.3) is 11.0 Å². The zero-order chi connectivity index (χ0) is 12.4. The summed E-state index contributed by atoms with van der Waals surface area (Å²) in [4.78, 5) is 10.9. The summed E-state index contributed by atoms with van der Waals surface area (Å²) >= 11 is 0. The van der Waals surface area contributed by atoms with Crippen molar-refractivity contribution >= 4 is 16.8 Å². The highest BCUT2D eigenvalue weighted by atomic mass is 16.3. The molecule has 0 bridgehead atoms. The Morgan fingerprint density at radius 1 is 1.24 bits per heavy atom. The molecule has 0 fully saturated rings. The van der Waals surface area contributed by atoms with Gasteiger partial charge in [-0.05, 0) is 62.4 Å². The molecule has 0 radical (unpaired) electrons. The maximum Gasteiger partial charge on any atom is 0.134 e. The molecule has 17 heavy (non-hydrogen) atoms. The number of carbonyl (C=O) groups is 1. The Kier molecular flexibility index (Phi) is 3.32. The molecule has 0 aliphatic carbocycles. The van der Waals surface area contributed by atoms with Crippen LogP contribution in [0.5, 0.6) is 0 Å². The number of hydrogen-bond donors (Lipinski definition) is 0. The van der Waals surface area contributed by atoms with Crippen LogP contribution < -0.4 is 0 Å². The molecule has 0 unspecified atom stereocenters. The van der Waals surface area contributed by atoms with Gasteiger partial charge in [-0.1, -0.05) is 0 Å². The van der Waals surface area contributed by atoms with Gasteiger partial charge in [0, 0.05) is 11.8 Å². The largest absolute Gasteiger partial charge is 0.464 e. The summed E-state index contributed by atoms with van der Waals surface area (Å²) in [7, 11) is 0. The van der Waals surface area contributed by atoms with E-state index in [0.717, 1.165) is 18.4 Å². The zero-order valence-electron chi connectivity index (χ0n) is 10.7. The monoisotopic (exact) mass is 230 g/mol. The number of fused-ring (bicyclic) bond motifs is 1. The third-order valence-electron chi connectivity index (χ3n) is 3.20. The fourth-order valence-corrected chi connectivity index (χ4v) is 2.15. The summed E-state index contributed by atoms with van der Waals surface area (Å²) in [5.74, 6) is 0.262. The minimum Gasteiger partial charge on any atom is -0.464 e. The van der Waals surface area contributed by atoms with Crippen LogP contribution in [-0.4, -0.2) is 5.78 Å². The maximum atomic E-state index is 10.9. The standard InChI is InChI=1S/C15H18O2/c1-10-7-14-11(2)9-17-15(14)8-13(10)6-4-5-12(3)16/h7-9H,4-6H2,1-3H3. The molecule has 0 aliphatic rings. The number of hydrogen-bond acceptors (Lipinski definition) is 2. The van der Waals surface area contributed by atoms with Crippen molar-refractivity contribution in [3.63, 3.8) is 0 Å². The Bertz CT molecular complexity index is 549. The Labute approximate surface area is 102 Å². The van der Waals surface area contributed by atoms with E-state index < -0.39 is 0 Å². The van der Waals surface area contributed by atoms with Crippen molar-refractivity contribution in [3.05, 3.63) is 35.1 Å². The van der Waals surface area contributed by atoms with Gasteiger partial charge in [0.15, 0.2) is 0 Å². The number of benzene rings is 1. The van der Waals surface area contributed by atoms with Gasteiger partial charge in [0.2, 0.25) is 0 Å². The van der Waals surface area contributed by atoms with Crippen molar-refractivity contribution in [1.82, 2.24) is 0 Å². The smallest absolute Gasteiger partial charge is 0.134 e. The lowest BCUT2D eigenvalue weighted by molar-refractivity contribution is -0.117. The highest BCUT2D eigenvalue weighted by molar-refractivity contribution is 5.82. The van der Waals surface area contributed by atoms with Crippen molar-refractivity contribution in [2.45, 2.75) is 40.0 Å². The number of Topliss-reactive ketones (excluding diaryl/α,β-unsaturated/α-hetero) is 1. The molecule has 0 saturated heterocycles. The van der Waals surface area contributed by atoms with Gasteiger partial charge < -0.3 is 9.21 Å². The fraction of sp³-hybridized carbons (Fsp3) is 0.400. The van der Waals surface area contributed by atoms with Crippen molar-refractivity contribution in [2.75, 3.05) is 0 Å². The van der Waals surface area contributed by atoms with Crippen LogP contribution in [0.1, 0.15) is 36.5 Å². The molecule has 0 atom stereocenters. The normalized spacial score (nSPS) is 11.0. The van der Waals surface area contributed by atoms with E-state index in [1.165, 1.54) is 22.1 Å². The third-order valence-corrected chi connectivity index (χ3v) is 3.20. The van der Waals surface area contributed by atoms with E-state index in [9.17, 15) is 4.79 Å². The predicted octanol–water partition coefficient (Wildman–Crippen LogP) is 3.96. The second kappa shape index (κ2) is 4.74. The molecule has 90 valence electrons. The van der Waals surface area contributed by atoms with E-state index in [1.807, 2.05) is 0 Å². The Hall–Kier alpha value is -1.57. The van der Waals surface area contributed by atoms with Gasteiger partial charge in [0.05, 0.1) is 6.26 Å². The van der Waals surface area contributed by atoms with Crippen LogP contribution in [0.4, 0.5) is 0 Å². The van der Waals surface area contributed by atoms with E-state index in [0.29, 0.717) is 6.42 Å². The fourth-order valence-electron chi connectivity index (χ4n) is 2.15. The van der Waals surface area contributed by atoms with Gasteiger partial charge in [0.25, 0.3) is 0 Å². The highest BCUT2D eigenvalue weighted by Gasteiger charge is 2.07. The first-order chi connectivity index (χ1) is 8.08. The van der Waals surface area contributed by atoms with E-state index >= 15 is 0 Å². The zero-order valence-corrected chi connectivity index (χ0v) is 10.7. The van der Waals surface area contributed by atoms with Gasteiger partial charge in [-0.2, -0.15) is 0 Å². The molecular formula is C15H18O2. The quantitative estimate of drug-likeness (QED) is 0.795. The van der Waals surface area contributed by atoms with Gasteiger partial charge in [-0.3, -0.25) is 0 Å². The molecule has 0 saturated carbocycles. The number of rotatable bonds is 4. The molecule has 2 nitrogen and oxygen atoms in total. The average Bonchev–Trinajstić information content (AvgIpc) is 2.60. The molecule has 1 heterocycles. The molecule has 1 aromatic heterocycles. The lowest BCUT2D eigenvalue weighted by atomic mass is 9.99. The van der Waals surface area contributed by atoms with Gasteiger partial charge >= 0.3 is 0 Å². The number of carbonyl (C=O) groups excluding carboxylic acids is 1. The summed E-state index contributed by atoms with van der Waals surface area (Å²) in [6.07, 6.45) is 4.32. The first-order valence-corrected chi connectivity index (χ1v) is 6.04. The van der Waals surface area contributed by atoms with Gasteiger partial charge in [0.1, 0.15) is 11.4 Å². The Morgan fingerprint density at radius 3 is 2.71 bits per heavy atom. The van der Waals surface area contributed by atoms with Crippen molar-refractivity contribution < 1.29 is 9.21 Å². The molecule has 0 amide bonds. The van der Waals surface area contributed by atoms with E-state index in [1.54, 1.807) is 13.2 Å². The molecular weight excluding hydrogens is 212 g/mol. The minimum absolute atomic E-state index is 0.262. The molecule has 0 aliphatic heterocycles. The molecule has 2 heteroatoms. The molecule has 2 aromatic rings. The first-order valence-electron chi connectivity index (χ1n) is 6.04. The lowest BCUT2D eigenvalue weighted by Crippen LogP contribution is -1.94. The average molecular weight is 230 g/mol. The molecule has 0 spiro atoms.